The van der Waals surface area contributed by atoms with Gasteiger partial charge in [-0.2, -0.15) is 11.8 Å². The molecule has 0 heterocycles. The third-order valence-electron chi connectivity index (χ3n) is 3.70. The van der Waals surface area contributed by atoms with Crippen LogP contribution >= 0.6 is 11.8 Å². The molecule has 2 unspecified atom stereocenters. The van der Waals surface area contributed by atoms with Crippen LogP contribution in [0.3, 0.4) is 0 Å². The Morgan fingerprint density at radius 3 is 3.00 bits per heavy atom. The Kier molecular flexibility index (Phi) is 5.07. The van der Waals surface area contributed by atoms with Gasteiger partial charge < -0.3 is 5.32 Å². The molecule has 2 atom stereocenters. The van der Waals surface area contributed by atoms with Crippen molar-refractivity contribution in [3.63, 3.8) is 0 Å². The largest absolute Gasteiger partial charge is 0.309 e. The van der Waals surface area contributed by atoms with Gasteiger partial charge in [0.05, 0.1) is 0 Å². The number of nitrogens with one attached hydrogen (secondary N) is 1. The minimum absolute atomic E-state index is 0.136. The molecule has 0 radical (unpaired) electrons. The van der Waals surface area contributed by atoms with E-state index in [4.69, 9.17) is 0 Å². The summed E-state index contributed by atoms with van der Waals surface area (Å²) in [6, 6.07) is 5.64. The number of halogens is 1. The first kappa shape index (κ1) is 13.9. The summed E-state index contributed by atoms with van der Waals surface area (Å²) in [5.74, 6) is 1.05. The summed E-state index contributed by atoms with van der Waals surface area (Å²) in [5, 5.41) is 4.35. The zero-order valence-corrected chi connectivity index (χ0v) is 12.0. The van der Waals surface area contributed by atoms with Gasteiger partial charge in [-0.3, -0.25) is 0 Å². The molecule has 0 saturated heterocycles. The Balaban J connectivity index is 1.92. The van der Waals surface area contributed by atoms with E-state index in [0.717, 1.165) is 17.4 Å². The van der Waals surface area contributed by atoms with Gasteiger partial charge in [-0.1, -0.05) is 19.4 Å². The lowest BCUT2D eigenvalue weighted by Gasteiger charge is -2.20. The van der Waals surface area contributed by atoms with Gasteiger partial charge in [0.2, 0.25) is 0 Å². The van der Waals surface area contributed by atoms with E-state index in [1.54, 1.807) is 6.07 Å². The van der Waals surface area contributed by atoms with Crippen molar-refractivity contribution in [3.05, 3.63) is 35.1 Å². The fraction of sp³-hybridized carbons (Fsp3) is 0.600. The van der Waals surface area contributed by atoms with Gasteiger partial charge >= 0.3 is 0 Å². The van der Waals surface area contributed by atoms with Crippen LogP contribution in [-0.2, 0) is 6.54 Å². The number of aryl methyl sites for hydroxylation is 1. The molecule has 100 valence electrons. The monoisotopic (exact) mass is 267 g/mol. The molecule has 0 amide bonds. The Labute approximate surface area is 114 Å². The van der Waals surface area contributed by atoms with Crippen molar-refractivity contribution in [2.24, 2.45) is 0 Å². The van der Waals surface area contributed by atoms with Gasteiger partial charge in [0, 0.05) is 17.8 Å². The molecule has 0 aromatic heterocycles. The predicted octanol–water partition coefficient (Wildman–Crippen LogP) is 3.90. The molecule has 0 bridgehead atoms. The molecule has 18 heavy (non-hydrogen) atoms. The minimum atomic E-state index is -0.136. The van der Waals surface area contributed by atoms with E-state index in [9.17, 15) is 4.39 Å². The van der Waals surface area contributed by atoms with Crippen molar-refractivity contribution < 1.29 is 4.39 Å². The average molecular weight is 267 g/mol. The normalized spacial score (nSPS) is 23.5. The summed E-state index contributed by atoms with van der Waals surface area (Å²) in [6.45, 7) is 5.05. The molecule has 1 aromatic rings. The molecule has 1 nitrogen and oxygen atoms in total. The first-order chi connectivity index (χ1) is 8.70. The van der Waals surface area contributed by atoms with E-state index in [2.05, 4.69) is 24.0 Å². The zero-order valence-electron chi connectivity index (χ0n) is 11.2. The number of rotatable bonds is 5. The summed E-state index contributed by atoms with van der Waals surface area (Å²) in [6.07, 6.45) is 3.89. The minimum Gasteiger partial charge on any atom is -0.309 e. The fourth-order valence-corrected chi connectivity index (χ4v) is 3.87. The molecule has 1 saturated carbocycles. The molecule has 0 aliphatic heterocycles. The molecule has 1 N–H and O–H groups in total. The Morgan fingerprint density at radius 1 is 1.39 bits per heavy atom. The van der Waals surface area contributed by atoms with Crippen LogP contribution in [0.2, 0.25) is 0 Å². The smallest absolute Gasteiger partial charge is 0.123 e. The van der Waals surface area contributed by atoms with E-state index >= 15 is 0 Å². The molecule has 1 aliphatic rings. The number of thioether (sulfide) groups is 1. The second kappa shape index (κ2) is 6.58. The van der Waals surface area contributed by atoms with Gasteiger partial charge in [0.15, 0.2) is 0 Å². The summed E-state index contributed by atoms with van der Waals surface area (Å²) in [7, 11) is 0. The first-order valence-corrected chi connectivity index (χ1v) is 7.85. The molecule has 3 heteroatoms. The van der Waals surface area contributed by atoms with Gasteiger partial charge in [-0.25, -0.2) is 4.39 Å². The van der Waals surface area contributed by atoms with Crippen molar-refractivity contribution in [3.8, 4) is 0 Å². The van der Waals surface area contributed by atoms with Crippen LogP contribution in [0.25, 0.3) is 0 Å². The van der Waals surface area contributed by atoms with E-state index in [0.29, 0.717) is 6.04 Å². The van der Waals surface area contributed by atoms with E-state index < -0.39 is 0 Å². The lowest BCUT2D eigenvalue weighted by molar-refractivity contribution is 0.528. The number of hydrogen-bond donors (Lipinski definition) is 1. The second-order valence-electron chi connectivity index (χ2n) is 4.98. The molecular formula is C15H22FNS. The van der Waals surface area contributed by atoms with Crippen molar-refractivity contribution in [2.75, 3.05) is 5.75 Å². The highest BCUT2D eigenvalue weighted by molar-refractivity contribution is 7.99. The predicted molar refractivity (Wildman–Crippen MR) is 77.5 cm³/mol. The average Bonchev–Trinajstić information content (AvgIpc) is 2.78. The highest BCUT2D eigenvalue weighted by Crippen LogP contribution is 2.30. The van der Waals surface area contributed by atoms with Crippen LogP contribution < -0.4 is 5.32 Å². The molecule has 1 aromatic carbocycles. The zero-order chi connectivity index (χ0) is 13.0. The topological polar surface area (TPSA) is 12.0 Å². The van der Waals surface area contributed by atoms with E-state index in [1.165, 1.54) is 36.6 Å². The molecule has 2 rings (SSSR count). The highest BCUT2D eigenvalue weighted by Gasteiger charge is 2.26. The third kappa shape index (κ3) is 3.48. The summed E-state index contributed by atoms with van der Waals surface area (Å²) in [4.78, 5) is 0. The lowest BCUT2D eigenvalue weighted by Crippen LogP contribution is -2.33. The van der Waals surface area contributed by atoms with Crippen LogP contribution in [0.15, 0.2) is 18.2 Å². The Bertz CT molecular complexity index is 394. The first-order valence-electron chi connectivity index (χ1n) is 6.80. The summed E-state index contributed by atoms with van der Waals surface area (Å²) < 4.78 is 13.2. The van der Waals surface area contributed by atoms with Crippen LogP contribution in [0.1, 0.15) is 37.3 Å². The van der Waals surface area contributed by atoms with Crippen molar-refractivity contribution in [2.45, 2.75) is 50.9 Å². The quantitative estimate of drug-likeness (QED) is 0.868. The van der Waals surface area contributed by atoms with E-state index in [1.807, 2.05) is 13.0 Å². The van der Waals surface area contributed by atoms with Gasteiger partial charge in [-0.15, -0.1) is 0 Å². The molecule has 1 fully saturated rings. The molecule has 0 spiro atoms. The Hall–Kier alpha value is -0.540. The maximum atomic E-state index is 13.2. The number of hydrogen-bond acceptors (Lipinski definition) is 2. The lowest BCUT2D eigenvalue weighted by atomic mass is 10.1. The maximum Gasteiger partial charge on any atom is 0.123 e. The van der Waals surface area contributed by atoms with Crippen molar-refractivity contribution in [1.82, 2.24) is 5.32 Å². The van der Waals surface area contributed by atoms with E-state index in [-0.39, 0.29) is 5.82 Å². The van der Waals surface area contributed by atoms with Gasteiger partial charge in [0.25, 0.3) is 0 Å². The molecular weight excluding hydrogens is 245 g/mol. The highest BCUT2D eigenvalue weighted by atomic mass is 32.2. The summed E-state index contributed by atoms with van der Waals surface area (Å²) >= 11 is 2.05. The van der Waals surface area contributed by atoms with Crippen molar-refractivity contribution >= 4 is 11.8 Å². The maximum absolute atomic E-state index is 13.2. The van der Waals surface area contributed by atoms with Crippen LogP contribution in [-0.4, -0.2) is 17.0 Å². The fourth-order valence-electron chi connectivity index (χ4n) is 2.64. The van der Waals surface area contributed by atoms with Gasteiger partial charge in [-0.05, 0) is 48.8 Å². The number of benzene rings is 1. The Morgan fingerprint density at radius 2 is 2.22 bits per heavy atom. The van der Waals surface area contributed by atoms with Crippen LogP contribution in [0.4, 0.5) is 4.39 Å². The molecule has 1 aliphatic carbocycles. The van der Waals surface area contributed by atoms with Crippen molar-refractivity contribution in [1.29, 1.82) is 0 Å². The standard InChI is InChI=1S/C15H22FNS/c1-3-18-15-6-4-5-14(15)17-10-12-9-13(16)8-7-11(12)2/h7-9,14-15,17H,3-6,10H2,1-2H3. The summed E-state index contributed by atoms with van der Waals surface area (Å²) in [5.41, 5.74) is 2.25. The SMILES string of the molecule is CCSC1CCCC1NCc1cc(F)ccc1C. The second-order valence-corrected chi connectivity index (χ2v) is 6.50. The van der Waals surface area contributed by atoms with Gasteiger partial charge in [0.1, 0.15) is 5.82 Å². The van der Waals surface area contributed by atoms with Crippen LogP contribution in [0.5, 0.6) is 0 Å². The third-order valence-corrected chi connectivity index (χ3v) is 5.02. The van der Waals surface area contributed by atoms with Crippen LogP contribution in [0, 0.1) is 12.7 Å².